The molecule has 0 bridgehead atoms. The number of carboxylic acid groups (broad SMARTS) is 1. The molecule has 5 heteroatoms. The van der Waals surface area contributed by atoms with Gasteiger partial charge in [0.15, 0.2) is 0 Å². The minimum Gasteiger partial charge on any atom is -0.481 e. The van der Waals surface area contributed by atoms with E-state index < -0.39 is 11.9 Å². The molecule has 0 amide bonds. The fourth-order valence-electron chi connectivity index (χ4n) is 2.14. The molecule has 1 aromatic heterocycles. The Morgan fingerprint density at radius 2 is 2.19 bits per heavy atom. The first kappa shape index (κ1) is 15.0. The zero-order chi connectivity index (χ0) is 15.2. The van der Waals surface area contributed by atoms with Crippen molar-refractivity contribution in [3.8, 4) is 5.88 Å². The predicted octanol–water partition coefficient (Wildman–Crippen LogP) is 2.59. The lowest BCUT2D eigenvalue weighted by atomic mass is 9.95. The molecule has 0 aliphatic carbocycles. The van der Waals surface area contributed by atoms with Gasteiger partial charge in [-0.05, 0) is 25.8 Å². The second kappa shape index (κ2) is 6.83. The van der Waals surface area contributed by atoms with Gasteiger partial charge in [0.1, 0.15) is 5.92 Å². The molecule has 0 spiro atoms. The number of aryl methyl sites for hydroxylation is 1. The molecule has 5 nitrogen and oxygen atoms in total. The molecule has 1 atom stereocenters. The fourth-order valence-corrected chi connectivity index (χ4v) is 2.14. The van der Waals surface area contributed by atoms with Gasteiger partial charge < -0.3 is 9.84 Å². The molecule has 0 radical (unpaired) electrons. The van der Waals surface area contributed by atoms with E-state index in [1.165, 1.54) is 12.4 Å². The SMILES string of the molecule is CCOc1cncc(C(Cc2cccc(C)c2)C(=O)O)n1. The Hall–Kier alpha value is -2.43. The van der Waals surface area contributed by atoms with E-state index >= 15 is 0 Å². The van der Waals surface area contributed by atoms with Crippen molar-refractivity contribution in [1.82, 2.24) is 9.97 Å². The van der Waals surface area contributed by atoms with Crippen LogP contribution >= 0.6 is 0 Å². The molecule has 1 aromatic carbocycles. The Kier molecular flexibility index (Phi) is 4.87. The fraction of sp³-hybridized carbons (Fsp3) is 0.312. The Bertz CT molecular complexity index is 628. The van der Waals surface area contributed by atoms with Gasteiger partial charge in [-0.25, -0.2) is 4.98 Å². The van der Waals surface area contributed by atoms with Crippen LogP contribution in [0.1, 0.15) is 29.7 Å². The lowest BCUT2D eigenvalue weighted by Crippen LogP contribution is -2.16. The van der Waals surface area contributed by atoms with Crippen molar-refractivity contribution in [2.45, 2.75) is 26.2 Å². The molecule has 110 valence electrons. The molecular weight excluding hydrogens is 268 g/mol. The molecule has 21 heavy (non-hydrogen) atoms. The Balaban J connectivity index is 2.26. The number of aliphatic carboxylic acids is 1. The number of carbonyl (C=O) groups is 1. The third-order valence-corrected chi connectivity index (χ3v) is 3.10. The minimum absolute atomic E-state index is 0.352. The van der Waals surface area contributed by atoms with E-state index in [-0.39, 0.29) is 0 Å². The topological polar surface area (TPSA) is 72.3 Å². The van der Waals surface area contributed by atoms with Crippen molar-refractivity contribution >= 4 is 5.97 Å². The van der Waals surface area contributed by atoms with Crippen LogP contribution in [0.25, 0.3) is 0 Å². The van der Waals surface area contributed by atoms with Gasteiger partial charge in [-0.2, -0.15) is 0 Å². The van der Waals surface area contributed by atoms with E-state index in [4.69, 9.17) is 4.74 Å². The first-order chi connectivity index (χ1) is 10.1. The van der Waals surface area contributed by atoms with Crippen molar-refractivity contribution in [3.05, 3.63) is 53.5 Å². The van der Waals surface area contributed by atoms with Gasteiger partial charge in [-0.15, -0.1) is 0 Å². The van der Waals surface area contributed by atoms with Gasteiger partial charge in [-0.1, -0.05) is 29.8 Å². The van der Waals surface area contributed by atoms with E-state index in [9.17, 15) is 9.90 Å². The maximum atomic E-state index is 11.5. The van der Waals surface area contributed by atoms with Crippen LogP contribution < -0.4 is 4.74 Å². The largest absolute Gasteiger partial charge is 0.481 e. The number of rotatable bonds is 6. The molecular formula is C16H18N2O3. The van der Waals surface area contributed by atoms with E-state index in [0.29, 0.717) is 24.6 Å². The third-order valence-electron chi connectivity index (χ3n) is 3.10. The second-order valence-corrected chi connectivity index (χ2v) is 4.80. The number of hydrogen-bond donors (Lipinski definition) is 1. The summed E-state index contributed by atoms with van der Waals surface area (Å²) in [5, 5.41) is 9.47. The lowest BCUT2D eigenvalue weighted by Gasteiger charge is -2.13. The van der Waals surface area contributed by atoms with Crippen LogP contribution in [-0.4, -0.2) is 27.7 Å². The first-order valence-corrected chi connectivity index (χ1v) is 6.83. The molecule has 1 N–H and O–H groups in total. The number of ether oxygens (including phenoxy) is 1. The highest BCUT2D eigenvalue weighted by Gasteiger charge is 2.23. The summed E-state index contributed by atoms with van der Waals surface area (Å²) in [6.07, 6.45) is 3.34. The van der Waals surface area contributed by atoms with Gasteiger partial charge in [0.2, 0.25) is 5.88 Å². The molecule has 0 aliphatic rings. The van der Waals surface area contributed by atoms with Gasteiger partial charge in [0.05, 0.1) is 18.5 Å². The molecule has 1 unspecified atom stereocenters. The first-order valence-electron chi connectivity index (χ1n) is 6.83. The van der Waals surface area contributed by atoms with Gasteiger partial charge in [-0.3, -0.25) is 9.78 Å². The number of carboxylic acids is 1. The summed E-state index contributed by atoms with van der Waals surface area (Å²) in [6, 6.07) is 7.80. The number of hydrogen-bond acceptors (Lipinski definition) is 4. The quantitative estimate of drug-likeness (QED) is 0.883. The molecule has 2 rings (SSSR count). The van der Waals surface area contributed by atoms with E-state index in [2.05, 4.69) is 9.97 Å². The summed E-state index contributed by atoms with van der Waals surface area (Å²) >= 11 is 0. The van der Waals surface area contributed by atoms with Crippen molar-refractivity contribution in [3.63, 3.8) is 0 Å². The summed E-state index contributed by atoms with van der Waals surface area (Å²) in [7, 11) is 0. The maximum Gasteiger partial charge on any atom is 0.312 e. The molecule has 0 aliphatic heterocycles. The molecule has 1 heterocycles. The van der Waals surface area contributed by atoms with Crippen LogP contribution in [0.5, 0.6) is 5.88 Å². The molecule has 0 saturated carbocycles. The van der Waals surface area contributed by atoms with Crippen molar-refractivity contribution in [1.29, 1.82) is 0 Å². The van der Waals surface area contributed by atoms with E-state index in [0.717, 1.165) is 11.1 Å². The summed E-state index contributed by atoms with van der Waals surface area (Å²) < 4.78 is 5.28. The molecule has 0 saturated heterocycles. The second-order valence-electron chi connectivity index (χ2n) is 4.80. The average molecular weight is 286 g/mol. The van der Waals surface area contributed by atoms with Crippen LogP contribution in [0.3, 0.4) is 0 Å². The van der Waals surface area contributed by atoms with E-state index in [1.807, 2.05) is 38.1 Å². The Morgan fingerprint density at radius 3 is 2.86 bits per heavy atom. The molecule has 2 aromatic rings. The third kappa shape index (κ3) is 4.02. The van der Waals surface area contributed by atoms with Crippen molar-refractivity contribution < 1.29 is 14.6 Å². The van der Waals surface area contributed by atoms with Crippen LogP contribution in [0.15, 0.2) is 36.7 Å². The van der Waals surface area contributed by atoms with Crippen LogP contribution in [0.2, 0.25) is 0 Å². The average Bonchev–Trinajstić information content (AvgIpc) is 2.45. The van der Waals surface area contributed by atoms with Crippen LogP contribution in [0.4, 0.5) is 0 Å². The van der Waals surface area contributed by atoms with Crippen molar-refractivity contribution in [2.24, 2.45) is 0 Å². The van der Waals surface area contributed by atoms with E-state index in [1.54, 1.807) is 0 Å². The Labute approximate surface area is 123 Å². The zero-order valence-corrected chi connectivity index (χ0v) is 12.1. The molecule has 0 fully saturated rings. The number of aromatic nitrogens is 2. The van der Waals surface area contributed by atoms with Crippen molar-refractivity contribution in [2.75, 3.05) is 6.61 Å². The number of nitrogens with zero attached hydrogens (tertiary/aromatic N) is 2. The summed E-state index contributed by atoms with van der Waals surface area (Å²) in [5.74, 6) is -1.30. The van der Waals surface area contributed by atoms with Crippen LogP contribution in [-0.2, 0) is 11.2 Å². The highest BCUT2D eigenvalue weighted by atomic mass is 16.5. The summed E-state index contributed by atoms with van der Waals surface area (Å²) in [6.45, 7) is 4.29. The highest BCUT2D eigenvalue weighted by Crippen LogP contribution is 2.21. The minimum atomic E-state index is -0.917. The maximum absolute atomic E-state index is 11.5. The standard InChI is InChI=1S/C16H18N2O3/c1-3-21-15-10-17-9-14(18-15)13(16(19)20)8-12-6-4-5-11(2)7-12/h4-7,9-10,13H,3,8H2,1-2H3,(H,19,20). The van der Waals surface area contributed by atoms with Gasteiger partial charge in [0.25, 0.3) is 0 Å². The summed E-state index contributed by atoms with van der Waals surface area (Å²) in [5.41, 5.74) is 2.48. The Morgan fingerprint density at radius 1 is 1.38 bits per heavy atom. The van der Waals surface area contributed by atoms with Gasteiger partial charge in [0, 0.05) is 6.20 Å². The highest BCUT2D eigenvalue weighted by molar-refractivity contribution is 5.75. The zero-order valence-electron chi connectivity index (χ0n) is 12.1. The van der Waals surface area contributed by atoms with Gasteiger partial charge >= 0.3 is 5.97 Å². The normalized spacial score (nSPS) is 11.9. The summed E-state index contributed by atoms with van der Waals surface area (Å²) in [4.78, 5) is 19.8. The lowest BCUT2D eigenvalue weighted by molar-refractivity contribution is -0.138. The monoisotopic (exact) mass is 286 g/mol. The van der Waals surface area contributed by atoms with Crippen LogP contribution in [0, 0.1) is 6.92 Å². The number of benzene rings is 1. The smallest absolute Gasteiger partial charge is 0.312 e. The predicted molar refractivity (Wildman–Crippen MR) is 78.5 cm³/mol.